The van der Waals surface area contributed by atoms with Crippen molar-refractivity contribution in [2.24, 2.45) is 10.9 Å². The van der Waals surface area contributed by atoms with Crippen molar-refractivity contribution in [3.05, 3.63) is 17.5 Å². The molecule has 0 aromatic carbocycles. The minimum absolute atomic E-state index is 0.436. The van der Waals surface area contributed by atoms with E-state index in [1.165, 1.54) is 43.4 Å². The summed E-state index contributed by atoms with van der Waals surface area (Å²) in [6.07, 6.45) is 12.4. The van der Waals surface area contributed by atoms with Crippen LogP contribution in [0.2, 0.25) is 0 Å². The summed E-state index contributed by atoms with van der Waals surface area (Å²) in [6, 6.07) is 0.873. The minimum Gasteiger partial charge on any atom is -0.356 e. The largest absolute Gasteiger partial charge is 0.356 e. The average Bonchev–Trinajstić information content (AvgIpc) is 3.03. The zero-order valence-electron chi connectivity index (χ0n) is 15.5. The second-order valence-corrected chi connectivity index (χ2v) is 7.72. The topological polar surface area (TPSA) is 54.2 Å². The molecule has 134 valence electrons. The van der Waals surface area contributed by atoms with E-state index in [4.69, 9.17) is 5.10 Å². The molecule has 1 atom stereocenters. The van der Waals surface area contributed by atoms with E-state index in [1.807, 2.05) is 7.05 Å². The summed E-state index contributed by atoms with van der Waals surface area (Å²) in [5.74, 6) is 1.77. The lowest BCUT2D eigenvalue weighted by atomic mass is 9.89. The van der Waals surface area contributed by atoms with Crippen molar-refractivity contribution >= 4 is 5.96 Å². The summed E-state index contributed by atoms with van der Waals surface area (Å²) >= 11 is 0. The van der Waals surface area contributed by atoms with Gasteiger partial charge in [-0.3, -0.25) is 9.67 Å². The first kappa shape index (κ1) is 17.3. The van der Waals surface area contributed by atoms with Crippen molar-refractivity contribution in [1.29, 1.82) is 0 Å². The molecule has 1 saturated carbocycles. The third kappa shape index (κ3) is 4.31. The predicted octanol–water partition coefficient (Wildman–Crippen LogP) is 3.07. The average molecular weight is 332 g/mol. The molecule has 0 amide bonds. The zero-order valence-corrected chi connectivity index (χ0v) is 15.5. The highest BCUT2D eigenvalue weighted by Gasteiger charge is 2.23. The number of rotatable bonds is 4. The van der Waals surface area contributed by atoms with Crippen LogP contribution in [0.1, 0.15) is 69.7 Å². The van der Waals surface area contributed by atoms with Gasteiger partial charge in [0.2, 0.25) is 0 Å². The zero-order chi connectivity index (χ0) is 16.9. The number of hydrogen-bond acceptors (Lipinski definition) is 2. The van der Waals surface area contributed by atoms with Crippen molar-refractivity contribution in [2.75, 3.05) is 13.6 Å². The number of aliphatic imine (C=N–C) groups is 1. The summed E-state index contributed by atoms with van der Waals surface area (Å²) in [5.41, 5.74) is 2.68. The van der Waals surface area contributed by atoms with Crippen LogP contribution in [0.25, 0.3) is 0 Å². The van der Waals surface area contributed by atoms with Gasteiger partial charge in [0, 0.05) is 38.3 Å². The van der Waals surface area contributed by atoms with Gasteiger partial charge in [-0.05, 0) is 51.0 Å². The van der Waals surface area contributed by atoms with Crippen LogP contribution in [0.3, 0.4) is 0 Å². The maximum absolute atomic E-state index is 4.77. The van der Waals surface area contributed by atoms with Crippen LogP contribution >= 0.6 is 0 Å². The molecule has 5 nitrogen and oxygen atoms in total. The predicted molar refractivity (Wildman–Crippen MR) is 99.5 cm³/mol. The first-order valence-electron chi connectivity index (χ1n) is 9.69. The Hall–Kier alpha value is -1.52. The number of hydrogen-bond donors (Lipinski definition) is 2. The van der Waals surface area contributed by atoms with Crippen LogP contribution in [-0.4, -0.2) is 35.4 Å². The summed E-state index contributed by atoms with van der Waals surface area (Å²) in [7, 11) is 1.87. The molecule has 3 rings (SSSR count). The fraction of sp³-hybridized carbons (Fsp3) is 0.789. The summed E-state index contributed by atoms with van der Waals surface area (Å²) in [4.78, 5) is 4.42. The molecular formula is C19H33N5. The molecule has 1 aromatic heterocycles. The van der Waals surface area contributed by atoms with Crippen molar-refractivity contribution in [3.63, 3.8) is 0 Å². The number of nitrogens with zero attached hydrogens (tertiary/aromatic N) is 3. The van der Waals surface area contributed by atoms with Crippen molar-refractivity contribution < 1.29 is 0 Å². The smallest absolute Gasteiger partial charge is 0.191 e. The Morgan fingerprint density at radius 1 is 1.29 bits per heavy atom. The molecule has 1 heterocycles. The van der Waals surface area contributed by atoms with Crippen LogP contribution in [0.15, 0.2) is 11.2 Å². The molecule has 1 aromatic rings. The number of guanidine groups is 1. The van der Waals surface area contributed by atoms with E-state index in [2.05, 4.69) is 40.4 Å². The highest BCUT2D eigenvalue weighted by Crippen LogP contribution is 2.23. The fourth-order valence-electron chi connectivity index (χ4n) is 3.92. The quantitative estimate of drug-likeness (QED) is 0.658. The Morgan fingerprint density at radius 3 is 2.79 bits per heavy atom. The molecule has 1 unspecified atom stereocenters. The van der Waals surface area contributed by atoms with Gasteiger partial charge < -0.3 is 10.6 Å². The molecule has 0 radical (unpaired) electrons. The third-order valence-corrected chi connectivity index (χ3v) is 5.47. The van der Waals surface area contributed by atoms with E-state index >= 15 is 0 Å². The molecule has 0 spiro atoms. The van der Waals surface area contributed by atoms with Gasteiger partial charge in [0.05, 0.1) is 5.69 Å². The molecule has 0 bridgehead atoms. The minimum atomic E-state index is 0.436. The van der Waals surface area contributed by atoms with Crippen LogP contribution < -0.4 is 10.6 Å². The molecule has 2 N–H and O–H groups in total. The van der Waals surface area contributed by atoms with Crippen molar-refractivity contribution in [2.45, 2.75) is 77.3 Å². The lowest BCUT2D eigenvalue weighted by molar-refractivity contribution is 0.355. The van der Waals surface area contributed by atoms with Gasteiger partial charge in [-0.1, -0.05) is 19.3 Å². The highest BCUT2D eigenvalue weighted by atomic mass is 15.3. The van der Waals surface area contributed by atoms with Gasteiger partial charge >= 0.3 is 0 Å². The van der Waals surface area contributed by atoms with Crippen molar-refractivity contribution in [3.8, 4) is 0 Å². The Balaban J connectivity index is 1.51. The number of fused-ring (bicyclic) bond motifs is 1. The number of nitrogens with one attached hydrogen (secondary N) is 2. The first-order valence-corrected chi connectivity index (χ1v) is 9.69. The maximum Gasteiger partial charge on any atom is 0.191 e. The molecule has 24 heavy (non-hydrogen) atoms. The van der Waals surface area contributed by atoms with E-state index in [9.17, 15) is 0 Å². The maximum atomic E-state index is 4.77. The molecule has 5 heteroatoms. The van der Waals surface area contributed by atoms with Crippen molar-refractivity contribution in [1.82, 2.24) is 20.4 Å². The summed E-state index contributed by atoms with van der Waals surface area (Å²) in [5, 5.41) is 11.9. The Kier molecular flexibility index (Phi) is 5.80. The second-order valence-electron chi connectivity index (χ2n) is 7.72. The molecule has 2 aliphatic rings. The first-order chi connectivity index (χ1) is 11.7. The SMILES string of the molecule is CN=C(NCC1CCCCC1)NC1CCc2cn(C(C)C)nc2C1. The normalized spacial score (nSPS) is 22.5. The van der Waals surface area contributed by atoms with Crippen LogP contribution in [0, 0.1) is 5.92 Å². The number of aryl methyl sites for hydroxylation is 1. The van der Waals surface area contributed by atoms with E-state index in [0.29, 0.717) is 12.1 Å². The molecule has 0 saturated heterocycles. The van der Waals surface area contributed by atoms with Crippen LogP contribution in [0.5, 0.6) is 0 Å². The summed E-state index contributed by atoms with van der Waals surface area (Å²) in [6.45, 7) is 5.43. The Morgan fingerprint density at radius 2 is 2.08 bits per heavy atom. The molecule has 2 aliphatic carbocycles. The lowest BCUT2D eigenvalue weighted by Crippen LogP contribution is -2.47. The van der Waals surface area contributed by atoms with Gasteiger partial charge in [0.25, 0.3) is 0 Å². The highest BCUT2D eigenvalue weighted by molar-refractivity contribution is 5.80. The monoisotopic (exact) mass is 331 g/mol. The van der Waals surface area contributed by atoms with Gasteiger partial charge in [-0.25, -0.2) is 0 Å². The van der Waals surface area contributed by atoms with E-state index in [-0.39, 0.29) is 0 Å². The standard InChI is InChI=1S/C19H33N5/c1-14(2)24-13-16-9-10-17(11-18(16)23-24)22-19(20-3)21-12-15-7-5-4-6-8-15/h13-15,17H,4-12H2,1-3H3,(H2,20,21,22). The van der Waals surface area contributed by atoms with Gasteiger partial charge in [-0.2, -0.15) is 5.10 Å². The summed E-state index contributed by atoms with van der Waals surface area (Å²) < 4.78 is 2.10. The van der Waals surface area contributed by atoms with E-state index in [0.717, 1.165) is 37.7 Å². The van der Waals surface area contributed by atoms with Gasteiger partial charge in [-0.15, -0.1) is 0 Å². The molecule has 1 fully saturated rings. The van der Waals surface area contributed by atoms with E-state index in [1.54, 1.807) is 0 Å². The molecule has 0 aliphatic heterocycles. The third-order valence-electron chi connectivity index (χ3n) is 5.47. The molecular weight excluding hydrogens is 298 g/mol. The van der Waals surface area contributed by atoms with Gasteiger partial charge in [0.15, 0.2) is 5.96 Å². The lowest BCUT2D eigenvalue weighted by Gasteiger charge is -2.26. The van der Waals surface area contributed by atoms with E-state index < -0.39 is 0 Å². The Labute approximate surface area is 146 Å². The number of aromatic nitrogens is 2. The second kappa shape index (κ2) is 8.04. The van der Waals surface area contributed by atoms with Crippen LogP contribution in [-0.2, 0) is 12.8 Å². The Bertz CT molecular complexity index is 554. The van der Waals surface area contributed by atoms with Crippen LogP contribution in [0.4, 0.5) is 0 Å². The fourth-order valence-corrected chi connectivity index (χ4v) is 3.92. The van der Waals surface area contributed by atoms with Gasteiger partial charge in [0.1, 0.15) is 0 Å².